The molecule has 0 radical (unpaired) electrons. The van der Waals surface area contributed by atoms with Gasteiger partial charge in [0.1, 0.15) is 0 Å². The van der Waals surface area contributed by atoms with E-state index in [1.54, 1.807) is 0 Å². The maximum Gasteiger partial charge on any atom is 0.199 e. The van der Waals surface area contributed by atoms with Gasteiger partial charge in [-0.25, -0.2) is 0 Å². The van der Waals surface area contributed by atoms with Crippen molar-refractivity contribution in [2.24, 2.45) is 0 Å². The fourth-order valence-corrected chi connectivity index (χ4v) is 2.39. The maximum absolute atomic E-state index is 11.3. The molecule has 2 aromatic heterocycles. The minimum absolute atomic E-state index is 0.651. The highest BCUT2D eigenvalue weighted by Crippen LogP contribution is 2.22. The van der Waals surface area contributed by atoms with Gasteiger partial charge in [-0.1, -0.05) is 18.7 Å². The van der Waals surface area contributed by atoms with Crippen molar-refractivity contribution in [2.45, 2.75) is 0 Å². The Morgan fingerprint density at radius 1 is 1.43 bits per heavy atom. The average molecular weight is 205 g/mol. The monoisotopic (exact) mass is 205 g/mol. The zero-order chi connectivity index (χ0) is 9.71. The maximum atomic E-state index is 11.3. The van der Waals surface area contributed by atoms with Crippen molar-refractivity contribution in [1.29, 1.82) is 0 Å². The SMILES string of the molecule is C=c1[nH]c2n[s+]([O-])[nH]c3cccc1c32. The molecule has 0 bridgehead atoms. The van der Waals surface area contributed by atoms with Crippen LogP contribution in [0.4, 0.5) is 0 Å². The normalized spacial score (nSPS) is 12.8. The smallest absolute Gasteiger partial charge is 0.199 e. The number of benzene rings is 1. The Kier molecular flexibility index (Phi) is 1.37. The van der Waals surface area contributed by atoms with Gasteiger partial charge in [-0.2, -0.15) is 4.37 Å². The van der Waals surface area contributed by atoms with Crippen LogP contribution in [0.5, 0.6) is 0 Å². The molecule has 1 atom stereocenters. The Morgan fingerprint density at radius 3 is 3.14 bits per heavy atom. The average Bonchev–Trinajstić information content (AvgIpc) is 2.45. The van der Waals surface area contributed by atoms with Crippen LogP contribution >= 0.6 is 11.1 Å². The highest BCUT2D eigenvalue weighted by atomic mass is 32.2. The van der Waals surface area contributed by atoms with Gasteiger partial charge in [0, 0.05) is 15.1 Å². The first-order chi connectivity index (χ1) is 6.75. The number of nitrogens with zero attached hydrogens (tertiary/aromatic N) is 1. The standard InChI is InChI=1S/C9H7N3OS/c1-5-6-3-2-4-7-8(6)9(10-5)12-14(13)11-7/h2-4,11H,1H2,(H,10,12). The van der Waals surface area contributed by atoms with Crippen LogP contribution in [0.3, 0.4) is 0 Å². The molecule has 0 aliphatic rings. The van der Waals surface area contributed by atoms with E-state index in [1.807, 2.05) is 18.2 Å². The molecule has 5 heteroatoms. The highest BCUT2D eigenvalue weighted by molar-refractivity contribution is 7.14. The summed E-state index contributed by atoms with van der Waals surface area (Å²) in [5, 5.41) is 2.80. The summed E-state index contributed by atoms with van der Waals surface area (Å²) in [6, 6.07) is 5.75. The van der Waals surface area contributed by atoms with Crippen molar-refractivity contribution >= 4 is 39.7 Å². The Labute approximate surface area is 82.0 Å². The van der Waals surface area contributed by atoms with E-state index >= 15 is 0 Å². The molecule has 2 heterocycles. The number of aromatic nitrogens is 3. The first kappa shape index (κ1) is 7.78. The van der Waals surface area contributed by atoms with Crippen LogP contribution in [0, 0.1) is 0 Å². The van der Waals surface area contributed by atoms with E-state index in [0.717, 1.165) is 21.6 Å². The lowest BCUT2D eigenvalue weighted by molar-refractivity contribution is 0.584. The first-order valence-electron chi connectivity index (χ1n) is 4.12. The number of hydrogen-bond acceptors (Lipinski definition) is 2. The quantitative estimate of drug-likeness (QED) is 0.545. The molecule has 0 saturated carbocycles. The summed E-state index contributed by atoms with van der Waals surface area (Å²) in [6.07, 6.45) is 0. The fraction of sp³-hybridized carbons (Fsp3) is 0. The molecule has 70 valence electrons. The first-order valence-corrected chi connectivity index (χ1v) is 5.23. The van der Waals surface area contributed by atoms with Gasteiger partial charge in [-0.15, -0.1) is 0 Å². The van der Waals surface area contributed by atoms with Crippen LogP contribution in [0.2, 0.25) is 0 Å². The van der Waals surface area contributed by atoms with E-state index in [2.05, 4.69) is 20.3 Å². The Morgan fingerprint density at radius 2 is 2.29 bits per heavy atom. The lowest BCUT2D eigenvalue weighted by Crippen LogP contribution is -1.95. The minimum atomic E-state index is -1.38. The van der Waals surface area contributed by atoms with Gasteiger partial charge in [-0.05, 0) is 6.07 Å². The topological polar surface area (TPSA) is 67.5 Å². The zero-order valence-corrected chi connectivity index (χ0v) is 8.02. The zero-order valence-electron chi connectivity index (χ0n) is 7.20. The molecule has 3 rings (SSSR count). The van der Waals surface area contributed by atoms with Crippen molar-refractivity contribution in [2.75, 3.05) is 0 Å². The van der Waals surface area contributed by atoms with E-state index in [4.69, 9.17) is 0 Å². The van der Waals surface area contributed by atoms with Crippen molar-refractivity contribution in [3.05, 3.63) is 23.5 Å². The van der Waals surface area contributed by atoms with Gasteiger partial charge in [0.2, 0.25) is 0 Å². The number of hydrogen-bond donors (Lipinski definition) is 2. The summed E-state index contributed by atoms with van der Waals surface area (Å²) < 4.78 is 18.0. The summed E-state index contributed by atoms with van der Waals surface area (Å²) in [7, 11) is 0. The van der Waals surface area contributed by atoms with Crippen LogP contribution in [0.15, 0.2) is 18.2 Å². The molecule has 1 aromatic carbocycles. The van der Waals surface area contributed by atoms with Crippen LogP contribution in [0.25, 0.3) is 28.5 Å². The molecule has 0 aliphatic carbocycles. The Hall–Kier alpha value is -1.59. The molecule has 14 heavy (non-hydrogen) atoms. The fourth-order valence-electron chi connectivity index (χ4n) is 1.68. The predicted octanol–water partition coefficient (Wildman–Crippen LogP) is 1.46. The molecule has 4 nitrogen and oxygen atoms in total. The van der Waals surface area contributed by atoms with Gasteiger partial charge in [0.15, 0.2) is 16.8 Å². The third-order valence-corrected chi connectivity index (χ3v) is 3.01. The number of rotatable bonds is 0. The molecule has 0 fully saturated rings. The molecule has 0 saturated heterocycles. The van der Waals surface area contributed by atoms with Crippen molar-refractivity contribution in [3.8, 4) is 0 Å². The van der Waals surface area contributed by atoms with Crippen molar-refractivity contribution in [3.63, 3.8) is 0 Å². The van der Waals surface area contributed by atoms with E-state index in [9.17, 15) is 4.55 Å². The second kappa shape index (κ2) is 2.46. The van der Waals surface area contributed by atoms with Crippen LogP contribution in [0.1, 0.15) is 0 Å². The Bertz CT molecular complexity index is 676. The van der Waals surface area contributed by atoms with E-state index < -0.39 is 11.1 Å². The molecule has 3 aromatic rings. The summed E-state index contributed by atoms with van der Waals surface area (Å²) in [5.74, 6) is 0. The molecule has 2 N–H and O–H groups in total. The van der Waals surface area contributed by atoms with Gasteiger partial charge < -0.3 is 9.54 Å². The summed E-state index contributed by atoms with van der Waals surface area (Å²) in [5.41, 5.74) is 1.50. The van der Waals surface area contributed by atoms with E-state index in [-0.39, 0.29) is 0 Å². The molecule has 0 amide bonds. The third-order valence-electron chi connectivity index (χ3n) is 2.27. The minimum Gasteiger partial charge on any atom is -0.548 e. The second-order valence-electron chi connectivity index (χ2n) is 3.12. The van der Waals surface area contributed by atoms with E-state index in [0.29, 0.717) is 5.65 Å². The van der Waals surface area contributed by atoms with E-state index in [1.165, 1.54) is 0 Å². The number of nitrogens with one attached hydrogen (secondary N) is 2. The lowest BCUT2D eigenvalue weighted by Gasteiger charge is -1.95. The lowest BCUT2D eigenvalue weighted by atomic mass is 10.2. The van der Waals surface area contributed by atoms with Crippen LogP contribution in [-0.4, -0.2) is 18.3 Å². The van der Waals surface area contributed by atoms with Gasteiger partial charge in [0.25, 0.3) is 0 Å². The molecular formula is C9H7N3OS. The third kappa shape index (κ3) is 0.878. The summed E-state index contributed by atoms with van der Waals surface area (Å²) in [4.78, 5) is 3.01. The number of aromatic amines is 2. The molecule has 0 spiro atoms. The Balaban J connectivity index is 2.76. The van der Waals surface area contributed by atoms with Gasteiger partial charge in [0.05, 0.1) is 10.9 Å². The van der Waals surface area contributed by atoms with Crippen molar-refractivity contribution in [1.82, 2.24) is 13.7 Å². The van der Waals surface area contributed by atoms with Gasteiger partial charge >= 0.3 is 0 Å². The largest absolute Gasteiger partial charge is 0.548 e. The second-order valence-corrected chi connectivity index (χ2v) is 4.01. The molecule has 0 aliphatic heterocycles. The summed E-state index contributed by atoms with van der Waals surface area (Å²) in [6.45, 7) is 3.87. The van der Waals surface area contributed by atoms with Crippen molar-refractivity contribution < 1.29 is 4.55 Å². The van der Waals surface area contributed by atoms with Crippen LogP contribution < -0.4 is 5.35 Å². The highest BCUT2D eigenvalue weighted by Gasteiger charge is 2.09. The molecular weight excluding hydrogens is 198 g/mol. The van der Waals surface area contributed by atoms with Crippen LogP contribution in [-0.2, 0) is 0 Å². The predicted molar refractivity (Wildman–Crippen MR) is 56.2 cm³/mol. The summed E-state index contributed by atoms with van der Waals surface area (Å²) >= 11 is -1.38. The van der Waals surface area contributed by atoms with Gasteiger partial charge in [-0.3, -0.25) is 0 Å². The number of H-pyrrole nitrogens is 2. The molecule has 1 unspecified atom stereocenters.